The van der Waals surface area contributed by atoms with Crippen molar-refractivity contribution >= 4 is 15.9 Å². The SMILES string of the molecule is COc1ccc(S(=O)(=O)N2CCOCC2)cc1C(=O)NCc1ccccc1CN1CCCCC1. The van der Waals surface area contributed by atoms with Crippen LogP contribution in [-0.4, -0.2) is 70.0 Å². The van der Waals surface area contributed by atoms with Gasteiger partial charge in [0, 0.05) is 26.2 Å². The van der Waals surface area contributed by atoms with Crippen molar-refractivity contribution < 1.29 is 22.7 Å². The summed E-state index contributed by atoms with van der Waals surface area (Å²) < 4.78 is 38.1. The molecule has 1 amide bonds. The number of hydrogen-bond acceptors (Lipinski definition) is 6. The number of morpholine rings is 1. The minimum atomic E-state index is -3.72. The van der Waals surface area contributed by atoms with E-state index in [-0.39, 0.29) is 16.4 Å². The number of carbonyl (C=O) groups excluding carboxylic acids is 1. The quantitative estimate of drug-likeness (QED) is 0.616. The Labute approximate surface area is 201 Å². The Morgan fingerprint density at radius 1 is 1.00 bits per heavy atom. The van der Waals surface area contributed by atoms with Crippen molar-refractivity contribution in [1.29, 1.82) is 0 Å². The van der Waals surface area contributed by atoms with Gasteiger partial charge in [0.05, 0.1) is 30.8 Å². The number of amides is 1. The molecule has 2 fully saturated rings. The number of hydrogen-bond donors (Lipinski definition) is 1. The van der Waals surface area contributed by atoms with Crippen LogP contribution < -0.4 is 10.1 Å². The molecule has 2 aromatic rings. The molecule has 2 aliphatic heterocycles. The van der Waals surface area contributed by atoms with Gasteiger partial charge in [-0.3, -0.25) is 9.69 Å². The lowest BCUT2D eigenvalue weighted by Gasteiger charge is -2.27. The monoisotopic (exact) mass is 487 g/mol. The summed E-state index contributed by atoms with van der Waals surface area (Å²) in [6.45, 7) is 4.73. The van der Waals surface area contributed by atoms with Crippen molar-refractivity contribution in [2.24, 2.45) is 0 Å². The summed E-state index contributed by atoms with van der Waals surface area (Å²) >= 11 is 0. The van der Waals surface area contributed by atoms with Crippen LogP contribution in [0.15, 0.2) is 47.4 Å². The molecule has 2 saturated heterocycles. The molecule has 0 aromatic heterocycles. The fourth-order valence-electron chi connectivity index (χ4n) is 4.47. The van der Waals surface area contributed by atoms with Gasteiger partial charge in [-0.05, 0) is 55.3 Å². The van der Waals surface area contributed by atoms with Crippen LogP contribution in [0.25, 0.3) is 0 Å². The van der Waals surface area contributed by atoms with E-state index in [0.29, 0.717) is 38.6 Å². The van der Waals surface area contributed by atoms with Crippen molar-refractivity contribution in [3.05, 3.63) is 59.2 Å². The van der Waals surface area contributed by atoms with Gasteiger partial charge < -0.3 is 14.8 Å². The lowest BCUT2D eigenvalue weighted by atomic mass is 10.0. The predicted molar refractivity (Wildman–Crippen MR) is 129 cm³/mol. The van der Waals surface area contributed by atoms with Crippen molar-refractivity contribution in [2.45, 2.75) is 37.2 Å². The molecule has 9 heteroatoms. The number of ether oxygens (including phenoxy) is 2. The Balaban J connectivity index is 1.49. The number of rotatable bonds is 8. The summed E-state index contributed by atoms with van der Waals surface area (Å²) in [4.78, 5) is 15.7. The fourth-order valence-corrected chi connectivity index (χ4v) is 5.91. The van der Waals surface area contributed by atoms with Crippen molar-refractivity contribution in [3.63, 3.8) is 0 Å². The largest absolute Gasteiger partial charge is 0.496 e. The average molecular weight is 488 g/mol. The highest BCUT2D eigenvalue weighted by Gasteiger charge is 2.28. The molecule has 0 spiro atoms. The summed E-state index contributed by atoms with van der Waals surface area (Å²) in [6.07, 6.45) is 3.74. The summed E-state index contributed by atoms with van der Waals surface area (Å²) in [7, 11) is -2.25. The van der Waals surface area contributed by atoms with Gasteiger partial charge in [0.25, 0.3) is 5.91 Å². The third-order valence-electron chi connectivity index (χ3n) is 6.42. The van der Waals surface area contributed by atoms with Gasteiger partial charge in [0.1, 0.15) is 5.75 Å². The smallest absolute Gasteiger partial charge is 0.255 e. The maximum absolute atomic E-state index is 13.1. The molecule has 0 atom stereocenters. The van der Waals surface area contributed by atoms with E-state index in [4.69, 9.17) is 9.47 Å². The molecule has 2 heterocycles. The first-order valence-electron chi connectivity index (χ1n) is 11.8. The molecule has 0 saturated carbocycles. The van der Waals surface area contributed by atoms with E-state index in [1.807, 2.05) is 18.2 Å². The molecule has 0 bridgehead atoms. The minimum Gasteiger partial charge on any atom is -0.496 e. The second-order valence-corrected chi connectivity index (χ2v) is 10.6. The van der Waals surface area contributed by atoms with Gasteiger partial charge >= 0.3 is 0 Å². The number of sulfonamides is 1. The van der Waals surface area contributed by atoms with E-state index in [0.717, 1.165) is 25.2 Å². The number of likely N-dealkylation sites (tertiary alicyclic amines) is 1. The Hall–Kier alpha value is -2.46. The first kappa shape index (κ1) is 24.7. The van der Waals surface area contributed by atoms with Crippen molar-refractivity contribution in [2.75, 3.05) is 46.5 Å². The number of carbonyl (C=O) groups is 1. The number of benzene rings is 2. The summed E-state index contributed by atoms with van der Waals surface area (Å²) in [5, 5.41) is 2.96. The first-order valence-corrected chi connectivity index (χ1v) is 13.3. The van der Waals surface area contributed by atoms with Gasteiger partial charge in [-0.25, -0.2) is 8.42 Å². The molecule has 34 heavy (non-hydrogen) atoms. The van der Waals surface area contributed by atoms with Gasteiger partial charge in [-0.15, -0.1) is 0 Å². The standard InChI is InChI=1S/C25H33N3O5S/c1-32-24-10-9-22(34(30,31)28-13-15-33-16-14-28)17-23(24)25(29)26-18-20-7-3-4-8-21(20)19-27-11-5-2-6-12-27/h3-4,7-10,17H,2,5-6,11-16,18-19H2,1H3,(H,26,29). The van der Waals surface area contributed by atoms with E-state index in [9.17, 15) is 13.2 Å². The van der Waals surface area contributed by atoms with Crippen molar-refractivity contribution in [1.82, 2.24) is 14.5 Å². The molecule has 0 aliphatic carbocycles. The molecular weight excluding hydrogens is 454 g/mol. The lowest BCUT2D eigenvalue weighted by Crippen LogP contribution is -2.40. The van der Waals surface area contributed by atoms with Gasteiger partial charge in [-0.2, -0.15) is 4.31 Å². The Morgan fingerprint density at radius 3 is 2.41 bits per heavy atom. The summed E-state index contributed by atoms with van der Waals surface area (Å²) in [6, 6.07) is 12.5. The van der Waals surface area contributed by atoms with Crippen LogP contribution in [0.1, 0.15) is 40.7 Å². The molecule has 1 N–H and O–H groups in total. The number of nitrogens with zero attached hydrogens (tertiary/aromatic N) is 2. The Bertz CT molecular complexity index is 1090. The van der Waals surface area contributed by atoms with E-state index in [1.54, 1.807) is 0 Å². The van der Waals surface area contributed by atoms with Crippen LogP contribution in [0.2, 0.25) is 0 Å². The maximum atomic E-state index is 13.1. The third-order valence-corrected chi connectivity index (χ3v) is 8.32. The lowest BCUT2D eigenvalue weighted by molar-refractivity contribution is 0.0730. The fraction of sp³-hybridized carbons (Fsp3) is 0.480. The van der Waals surface area contributed by atoms with E-state index in [1.165, 1.54) is 54.4 Å². The topological polar surface area (TPSA) is 88.2 Å². The van der Waals surface area contributed by atoms with E-state index >= 15 is 0 Å². The van der Waals surface area contributed by atoms with Gasteiger partial charge in [0.15, 0.2) is 0 Å². The minimum absolute atomic E-state index is 0.0749. The zero-order chi connectivity index (χ0) is 24.0. The highest BCUT2D eigenvalue weighted by Crippen LogP contribution is 2.25. The molecule has 2 aliphatic rings. The van der Waals surface area contributed by atoms with Gasteiger partial charge in [-0.1, -0.05) is 30.7 Å². The molecule has 0 radical (unpaired) electrons. The van der Waals surface area contributed by atoms with E-state index in [2.05, 4.69) is 16.3 Å². The zero-order valence-electron chi connectivity index (χ0n) is 19.7. The average Bonchev–Trinajstić information content (AvgIpc) is 2.88. The van der Waals surface area contributed by atoms with Crippen LogP contribution in [-0.2, 0) is 27.8 Å². The maximum Gasteiger partial charge on any atom is 0.255 e. The summed E-state index contributed by atoms with van der Waals surface area (Å²) in [5.74, 6) is -0.0383. The van der Waals surface area contributed by atoms with Crippen LogP contribution in [0.4, 0.5) is 0 Å². The molecule has 2 aromatic carbocycles. The van der Waals surface area contributed by atoms with Crippen molar-refractivity contribution in [3.8, 4) is 5.75 Å². The van der Waals surface area contributed by atoms with Crippen LogP contribution in [0, 0.1) is 0 Å². The number of piperidine rings is 1. The molecule has 8 nitrogen and oxygen atoms in total. The van der Waals surface area contributed by atoms with Crippen LogP contribution in [0.5, 0.6) is 5.75 Å². The summed E-state index contributed by atoms with van der Waals surface area (Å²) in [5.41, 5.74) is 2.45. The van der Waals surface area contributed by atoms with Gasteiger partial charge in [0.2, 0.25) is 10.0 Å². The van der Waals surface area contributed by atoms with E-state index < -0.39 is 10.0 Å². The third kappa shape index (κ3) is 5.78. The first-order chi connectivity index (χ1) is 16.5. The molecule has 4 rings (SSSR count). The van der Waals surface area contributed by atoms with Crippen LogP contribution in [0.3, 0.4) is 0 Å². The Morgan fingerprint density at radius 2 is 1.71 bits per heavy atom. The zero-order valence-corrected chi connectivity index (χ0v) is 20.5. The van der Waals surface area contributed by atoms with Crippen LogP contribution >= 0.6 is 0 Å². The highest BCUT2D eigenvalue weighted by atomic mass is 32.2. The molecule has 184 valence electrons. The highest BCUT2D eigenvalue weighted by molar-refractivity contribution is 7.89. The number of methoxy groups -OCH3 is 1. The molecule has 0 unspecified atom stereocenters. The predicted octanol–water partition coefficient (Wildman–Crippen LogP) is 2.63. The Kier molecular flexibility index (Phi) is 8.20. The second kappa shape index (κ2) is 11.3. The second-order valence-electron chi connectivity index (χ2n) is 8.67. The normalized spacial score (nSPS) is 17.9. The molecular formula is C25H33N3O5S. The number of nitrogens with one attached hydrogen (secondary N) is 1.